The average Bonchev–Trinajstić information content (AvgIpc) is 2.34. The number of nitrogens with one attached hydrogen (secondary N) is 1. The maximum atomic E-state index is 9.20. The minimum atomic E-state index is -0.0127. The molecule has 0 spiro atoms. The van der Waals surface area contributed by atoms with Crippen molar-refractivity contribution in [2.75, 3.05) is 0 Å². The van der Waals surface area contributed by atoms with Crippen molar-refractivity contribution in [1.82, 2.24) is 9.97 Å². The number of fused-ring (bicyclic) bond motifs is 1. The van der Waals surface area contributed by atoms with E-state index >= 15 is 0 Å². The monoisotopic (exact) mass is 150 g/mol. The fourth-order valence-electron chi connectivity index (χ4n) is 1.02. The molecule has 2 rings (SSSR count). The zero-order chi connectivity index (χ0) is 7.84. The molecule has 4 nitrogen and oxygen atoms in total. The summed E-state index contributed by atoms with van der Waals surface area (Å²) in [6.45, 7) is 0. The van der Waals surface area contributed by atoms with Gasteiger partial charge in [0.2, 0.25) is 0 Å². The van der Waals surface area contributed by atoms with Crippen molar-refractivity contribution < 1.29 is 10.2 Å². The van der Waals surface area contributed by atoms with Crippen LogP contribution >= 0.6 is 0 Å². The van der Waals surface area contributed by atoms with Gasteiger partial charge >= 0.3 is 0 Å². The first kappa shape index (κ1) is 6.03. The lowest BCUT2D eigenvalue weighted by Gasteiger charge is -1.94. The Kier molecular flexibility index (Phi) is 1.03. The molecular formula is C7H6N2O2. The van der Waals surface area contributed by atoms with Crippen molar-refractivity contribution in [3.8, 4) is 11.5 Å². The summed E-state index contributed by atoms with van der Waals surface area (Å²) in [5.74, 6) is 0.0144. The lowest BCUT2D eigenvalue weighted by atomic mass is 10.3. The molecule has 2 aromatic rings. The molecule has 3 N–H and O–H groups in total. The number of rotatable bonds is 0. The van der Waals surface area contributed by atoms with Gasteiger partial charge in [-0.25, -0.2) is 4.98 Å². The highest BCUT2D eigenvalue weighted by molar-refractivity contribution is 5.82. The minimum absolute atomic E-state index is 0.0127. The van der Waals surface area contributed by atoms with E-state index in [9.17, 15) is 5.11 Å². The Morgan fingerprint density at radius 1 is 1.27 bits per heavy atom. The Bertz CT molecular complexity index is 394. The van der Waals surface area contributed by atoms with Crippen LogP contribution in [0.1, 0.15) is 0 Å². The first-order chi connectivity index (χ1) is 5.27. The summed E-state index contributed by atoms with van der Waals surface area (Å²) >= 11 is 0. The Morgan fingerprint density at radius 3 is 2.91 bits per heavy atom. The number of phenolic OH excluding ortho intramolecular Hbond substituents is 2. The van der Waals surface area contributed by atoms with Crippen LogP contribution in [0.25, 0.3) is 11.0 Å². The number of hydrogen-bond acceptors (Lipinski definition) is 3. The molecule has 0 aliphatic rings. The molecule has 0 fully saturated rings. The first-order valence-corrected chi connectivity index (χ1v) is 3.12. The van der Waals surface area contributed by atoms with Crippen LogP contribution in [0, 0.1) is 0 Å². The van der Waals surface area contributed by atoms with E-state index in [4.69, 9.17) is 5.11 Å². The molecule has 4 heteroatoms. The van der Waals surface area contributed by atoms with Crippen molar-refractivity contribution in [2.45, 2.75) is 0 Å². The molecule has 0 saturated carbocycles. The van der Waals surface area contributed by atoms with Gasteiger partial charge in [0.05, 0.1) is 11.8 Å². The van der Waals surface area contributed by atoms with Gasteiger partial charge < -0.3 is 15.2 Å². The molecule has 0 radical (unpaired) electrons. The second kappa shape index (κ2) is 1.88. The maximum absolute atomic E-state index is 9.20. The fraction of sp³-hybridized carbons (Fsp3) is 0. The third-order valence-electron chi connectivity index (χ3n) is 1.49. The predicted molar refractivity (Wildman–Crippen MR) is 39.4 cm³/mol. The average molecular weight is 150 g/mol. The summed E-state index contributed by atoms with van der Waals surface area (Å²) in [5.41, 5.74) is 1.10. The normalized spacial score (nSPS) is 10.5. The van der Waals surface area contributed by atoms with Crippen LogP contribution < -0.4 is 0 Å². The molecule has 0 saturated heterocycles. The van der Waals surface area contributed by atoms with Gasteiger partial charge in [-0.2, -0.15) is 0 Å². The summed E-state index contributed by atoms with van der Waals surface area (Å²) in [6.07, 6.45) is 1.46. The maximum Gasteiger partial charge on any atom is 0.147 e. The van der Waals surface area contributed by atoms with E-state index < -0.39 is 0 Å². The van der Waals surface area contributed by atoms with E-state index in [-0.39, 0.29) is 11.5 Å². The molecule has 0 aliphatic carbocycles. The molecule has 1 heterocycles. The highest BCUT2D eigenvalue weighted by atomic mass is 16.3. The minimum Gasteiger partial charge on any atom is -0.508 e. The van der Waals surface area contributed by atoms with Crippen molar-refractivity contribution in [1.29, 1.82) is 0 Å². The molecule has 0 aliphatic heterocycles. The van der Waals surface area contributed by atoms with E-state index in [2.05, 4.69) is 9.97 Å². The highest BCUT2D eigenvalue weighted by Gasteiger charge is 2.02. The third-order valence-corrected chi connectivity index (χ3v) is 1.49. The molecular weight excluding hydrogens is 144 g/mol. The Labute approximate surface area is 62.1 Å². The number of aromatic amines is 1. The standard InChI is InChI=1S/C7H6N2O2/c10-4-1-5-7(6(11)2-4)9-3-8-5/h1-3,10-11H,(H,8,9). The molecule has 1 aromatic heterocycles. The van der Waals surface area contributed by atoms with Crippen LogP contribution in [0.2, 0.25) is 0 Å². The van der Waals surface area contributed by atoms with Crippen molar-refractivity contribution in [3.05, 3.63) is 18.5 Å². The van der Waals surface area contributed by atoms with Crippen molar-refractivity contribution >= 4 is 11.0 Å². The molecule has 56 valence electrons. The van der Waals surface area contributed by atoms with Gasteiger partial charge in [-0.15, -0.1) is 0 Å². The third kappa shape index (κ3) is 0.797. The number of H-pyrrole nitrogens is 1. The summed E-state index contributed by atoms with van der Waals surface area (Å²) in [5, 5.41) is 18.2. The van der Waals surface area contributed by atoms with Crippen molar-refractivity contribution in [3.63, 3.8) is 0 Å². The fourth-order valence-corrected chi connectivity index (χ4v) is 1.02. The zero-order valence-corrected chi connectivity index (χ0v) is 5.57. The second-order valence-corrected chi connectivity index (χ2v) is 2.26. The molecule has 0 amide bonds. The summed E-state index contributed by atoms with van der Waals surface area (Å²) in [4.78, 5) is 6.61. The van der Waals surface area contributed by atoms with Gasteiger partial charge in [-0.05, 0) is 0 Å². The van der Waals surface area contributed by atoms with Gasteiger partial charge in [0.1, 0.15) is 17.0 Å². The predicted octanol–water partition coefficient (Wildman–Crippen LogP) is 0.974. The summed E-state index contributed by atoms with van der Waals surface area (Å²) in [6, 6.07) is 2.76. The van der Waals surface area contributed by atoms with Gasteiger partial charge in [-0.3, -0.25) is 0 Å². The van der Waals surface area contributed by atoms with Gasteiger partial charge in [-0.1, -0.05) is 0 Å². The topological polar surface area (TPSA) is 69.1 Å². The molecule has 0 bridgehead atoms. The molecule has 11 heavy (non-hydrogen) atoms. The Hall–Kier alpha value is -1.71. The molecule has 0 unspecified atom stereocenters. The second-order valence-electron chi connectivity index (χ2n) is 2.26. The van der Waals surface area contributed by atoms with E-state index in [1.54, 1.807) is 0 Å². The highest BCUT2D eigenvalue weighted by Crippen LogP contribution is 2.26. The summed E-state index contributed by atoms with van der Waals surface area (Å²) in [7, 11) is 0. The van der Waals surface area contributed by atoms with E-state index in [1.165, 1.54) is 18.5 Å². The number of aromatic nitrogens is 2. The number of imidazole rings is 1. The first-order valence-electron chi connectivity index (χ1n) is 3.12. The molecule has 1 aromatic carbocycles. The van der Waals surface area contributed by atoms with Crippen LogP contribution in [0.15, 0.2) is 18.5 Å². The SMILES string of the molecule is Oc1cc(O)c2nc[nH]c2c1. The quantitative estimate of drug-likeness (QED) is 0.524. The smallest absolute Gasteiger partial charge is 0.147 e. The zero-order valence-electron chi connectivity index (χ0n) is 5.57. The van der Waals surface area contributed by atoms with Crippen LogP contribution in [0.5, 0.6) is 11.5 Å². The van der Waals surface area contributed by atoms with Gasteiger partial charge in [0.15, 0.2) is 0 Å². The number of hydrogen-bond donors (Lipinski definition) is 3. The number of aromatic hydroxyl groups is 2. The van der Waals surface area contributed by atoms with Gasteiger partial charge in [0.25, 0.3) is 0 Å². The number of benzene rings is 1. The summed E-state index contributed by atoms with van der Waals surface area (Å²) < 4.78 is 0. The Balaban J connectivity index is 2.91. The Morgan fingerprint density at radius 2 is 2.09 bits per heavy atom. The van der Waals surface area contributed by atoms with Crippen LogP contribution in [-0.4, -0.2) is 20.2 Å². The largest absolute Gasteiger partial charge is 0.508 e. The van der Waals surface area contributed by atoms with Crippen molar-refractivity contribution in [2.24, 2.45) is 0 Å². The van der Waals surface area contributed by atoms with Crippen LogP contribution in [0.4, 0.5) is 0 Å². The number of nitrogens with zero attached hydrogens (tertiary/aromatic N) is 1. The van der Waals surface area contributed by atoms with Crippen LogP contribution in [0.3, 0.4) is 0 Å². The molecule has 0 atom stereocenters. The number of phenols is 2. The lowest BCUT2D eigenvalue weighted by molar-refractivity contribution is 0.454. The van der Waals surface area contributed by atoms with E-state index in [1.807, 2.05) is 0 Å². The van der Waals surface area contributed by atoms with Gasteiger partial charge in [0, 0.05) is 12.1 Å². The van der Waals surface area contributed by atoms with Crippen LogP contribution in [-0.2, 0) is 0 Å². The van der Waals surface area contributed by atoms with E-state index in [0.717, 1.165) is 0 Å². The van der Waals surface area contributed by atoms with E-state index in [0.29, 0.717) is 11.0 Å². The lowest BCUT2D eigenvalue weighted by Crippen LogP contribution is -1.71.